The molecule has 5 fully saturated rings. The Labute approximate surface area is 193 Å². The summed E-state index contributed by atoms with van der Waals surface area (Å²) in [6, 6.07) is 0.517. The van der Waals surface area contributed by atoms with E-state index >= 15 is 0 Å². The molecule has 12 heteroatoms. The number of hydrogen-bond acceptors (Lipinski definition) is 6. The lowest BCUT2D eigenvalue weighted by Crippen LogP contribution is -2.75. The molecular formula is C22H26F3N7O2. The van der Waals surface area contributed by atoms with Crippen molar-refractivity contribution in [3.8, 4) is 0 Å². The van der Waals surface area contributed by atoms with Crippen LogP contribution in [0.5, 0.6) is 0 Å². The normalized spacial score (nSPS) is 25.7. The van der Waals surface area contributed by atoms with E-state index in [-0.39, 0.29) is 22.6 Å². The number of urea groups is 1. The van der Waals surface area contributed by atoms with Crippen molar-refractivity contribution >= 4 is 6.03 Å². The minimum atomic E-state index is -4.56. The van der Waals surface area contributed by atoms with Crippen LogP contribution in [0.15, 0.2) is 17.0 Å². The van der Waals surface area contributed by atoms with Crippen LogP contribution in [-0.2, 0) is 12.7 Å². The summed E-state index contributed by atoms with van der Waals surface area (Å²) < 4.78 is 44.4. The number of hydrogen-bond donors (Lipinski definition) is 0. The predicted octanol–water partition coefficient (Wildman–Crippen LogP) is 2.74. The van der Waals surface area contributed by atoms with Gasteiger partial charge in [0.05, 0.1) is 11.7 Å². The Morgan fingerprint density at radius 2 is 1.74 bits per heavy atom. The lowest BCUT2D eigenvalue weighted by Gasteiger charge is -2.63. The van der Waals surface area contributed by atoms with Crippen molar-refractivity contribution in [3.63, 3.8) is 0 Å². The maximum atomic E-state index is 12.9. The second-order valence-corrected chi connectivity index (χ2v) is 11.2. The molecule has 3 saturated heterocycles. The third-order valence-electron chi connectivity index (χ3n) is 8.12. The van der Waals surface area contributed by atoms with Gasteiger partial charge in [0.2, 0.25) is 0 Å². The Morgan fingerprint density at radius 3 is 2.35 bits per heavy atom. The number of oxazole rings is 1. The van der Waals surface area contributed by atoms with Gasteiger partial charge < -0.3 is 14.2 Å². The fourth-order valence-electron chi connectivity index (χ4n) is 6.33. The van der Waals surface area contributed by atoms with E-state index in [1.54, 1.807) is 0 Å². The SMILES string of the molecule is O=C(N1CC2(CC(n3cnc(C4CC4)n3)C2)C1)N1CC2(CN(Cc3coc(C(F)(F)F)n3)C2)C1. The molecule has 34 heavy (non-hydrogen) atoms. The third kappa shape index (κ3) is 3.32. The average molecular weight is 477 g/mol. The lowest BCUT2D eigenvalue weighted by atomic mass is 9.60. The van der Waals surface area contributed by atoms with Crippen LogP contribution in [0.2, 0.25) is 0 Å². The first-order valence-electron chi connectivity index (χ1n) is 11.9. The number of carbonyl (C=O) groups is 1. The first-order chi connectivity index (χ1) is 16.2. The number of carbonyl (C=O) groups excluding carboxylic acids is 1. The highest BCUT2D eigenvalue weighted by atomic mass is 19.4. The molecule has 0 radical (unpaired) electrons. The number of nitrogens with zero attached hydrogens (tertiary/aromatic N) is 7. The van der Waals surface area contributed by atoms with Gasteiger partial charge in [-0.05, 0) is 25.7 Å². The number of aromatic nitrogens is 4. The quantitative estimate of drug-likeness (QED) is 0.674. The van der Waals surface area contributed by atoms with Gasteiger partial charge in [-0.2, -0.15) is 18.3 Å². The van der Waals surface area contributed by atoms with E-state index in [2.05, 4.69) is 19.5 Å². The summed E-state index contributed by atoms with van der Waals surface area (Å²) in [5.41, 5.74) is 0.603. The van der Waals surface area contributed by atoms with E-state index in [1.807, 2.05) is 25.7 Å². The number of alkyl halides is 3. The molecule has 7 rings (SSSR count). The van der Waals surface area contributed by atoms with Crippen LogP contribution in [0.25, 0.3) is 0 Å². The zero-order chi connectivity index (χ0) is 23.3. The molecule has 0 N–H and O–H groups in total. The summed E-state index contributed by atoms with van der Waals surface area (Å²) in [6.07, 6.45) is 2.90. The first kappa shape index (κ1) is 20.7. The van der Waals surface area contributed by atoms with Crippen LogP contribution in [0.4, 0.5) is 18.0 Å². The van der Waals surface area contributed by atoms with E-state index in [9.17, 15) is 18.0 Å². The summed E-state index contributed by atoms with van der Waals surface area (Å²) >= 11 is 0. The fourth-order valence-corrected chi connectivity index (χ4v) is 6.33. The molecule has 0 bridgehead atoms. The Kier molecular flexibility index (Phi) is 4.10. The smallest absolute Gasteiger partial charge is 0.441 e. The minimum Gasteiger partial charge on any atom is -0.441 e. The Morgan fingerprint density at radius 1 is 1.06 bits per heavy atom. The average Bonchev–Trinajstić information content (AvgIpc) is 3.19. The molecule has 2 aliphatic carbocycles. The summed E-state index contributed by atoms with van der Waals surface area (Å²) in [4.78, 5) is 26.7. The molecule has 0 atom stereocenters. The van der Waals surface area contributed by atoms with E-state index in [0.29, 0.717) is 31.6 Å². The van der Waals surface area contributed by atoms with Gasteiger partial charge in [-0.1, -0.05) is 0 Å². The van der Waals surface area contributed by atoms with E-state index in [0.717, 1.165) is 51.1 Å². The van der Waals surface area contributed by atoms with Gasteiger partial charge in [-0.25, -0.2) is 19.4 Å². The molecular weight excluding hydrogens is 451 g/mol. The zero-order valence-corrected chi connectivity index (χ0v) is 18.7. The monoisotopic (exact) mass is 477 g/mol. The topological polar surface area (TPSA) is 83.5 Å². The Hall–Kier alpha value is -2.63. The van der Waals surface area contributed by atoms with Crippen LogP contribution in [-0.4, -0.2) is 79.7 Å². The van der Waals surface area contributed by atoms with Gasteiger partial charge >= 0.3 is 18.1 Å². The van der Waals surface area contributed by atoms with Crippen molar-refractivity contribution in [2.75, 3.05) is 39.3 Å². The molecule has 2 spiro atoms. The van der Waals surface area contributed by atoms with Crippen molar-refractivity contribution in [2.24, 2.45) is 10.8 Å². The van der Waals surface area contributed by atoms with Crippen LogP contribution in [0.3, 0.4) is 0 Å². The molecule has 2 aromatic rings. The van der Waals surface area contributed by atoms with Gasteiger partial charge in [0.25, 0.3) is 0 Å². The Bertz CT molecular complexity index is 1110. The van der Waals surface area contributed by atoms with E-state index in [1.165, 1.54) is 12.8 Å². The first-order valence-corrected chi connectivity index (χ1v) is 11.9. The van der Waals surface area contributed by atoms with Gasteiger partial charge in [0, 0.05) is 62.6 Å². The second-order valence-electron chi connectivity index (χ2n) is 11.2. The predicted molar refractivity (Wildman–Crippen MR) is 110 cm³/mol. The van der Waals surface area contributed by atoms with Gasteiger partial charge in [-0.15, -0.1) is 0 Å². The molecule has 182 valence electrons. The van der Waals surface area contributed by atoms with Crippen molar-refractivity contribution in [2.45, 2.75) is 50.4 Å². The summed E-state index contributed by atoms with van der Waals surface area (Å²) in [5.74, 6) is 0.353. The minimum absolute atomic E-state index is 0.0722. The maximum Gasteiger partial charge on any atom is 0.468 e. The molecule has 5 heterocycles. The van der Waals surface area contributed by atoms with Crippen LogP contribution < -0.4 is 0 Å². The summed E-state index contributed by atoms with van der Waals surface area (Å²) in [6.45, 7) is 4.91. The van der Waals surface area contributed by atoms with Crippen LogP contribution in [0, 0.1) is 10.8 Å². The highest BCUT2D eigenvalue weighted by Gasteiger charge is 2.58. The van der Waals surface area contributed by atoms with Crippen molar-refractivity contribution < 1.29 is 22.4 Å². The molecule has 9 nitrogen and oxygen atoms in total. The molecule has 0 unspecified atom stereocenters. The summed E-state index contributed by atoms with van der Waals surface area (Å²) in [5, 5.41) is 4.65. The largest absolute Gasteiger partial charge is 0.468 e. The second kappa shape index (κ2) is 6.73. The summed E-state index contributed by atoms with van der Waals surface area (Å²) in [7, 11) is 0. The van der Waals surface area contributed by atoms with Crippen molar-refractivity contribution in [3.05, 3.63) is 30.0 Å². The molecule has 0 aromatic carbocycles. The van der Waals surface area contributed by atoms with Gasteiger partial charge in [0.15, 0.2) is 5.82 Å². The third-order valence-corrected chi connectivity index (χ3v) is 8.12. The van der Waals surface area contributed by atoms with Crippen LogP contribution >= 0.6 is 0 Å². The van der Waals surface area contributed by atoms with E-state index < -0.39 is 12.1 Å². The number of rotatable bonds is 4. The highest BCUT2D eigenvalue weighted by molar-refractivity contribution is 5.77. The molecule has 3 aliphatic heterocycles. The molecule has 2 aromatic heterocycles. The van der Waals surface area contributed by atoms with Crippen molar-refractivity contribution in [1.29, 1.82) is 0 Å². The maximum absolute atomic E-state index is 12.9. The lowest BCUT2D eigenvalue weighted by molar-refractivity contribution is -0.157. The van der Waals surface area contributed by atoms with Crippen LogP contribution in [0.1, 0.15) is 55.1 Å². The number of likely N-dealkylation sites (tertiary alicyclic amines) is 3. The molecule has 2 amide bonds. The zero-order valence-electron chi connectivity index (χ0n) is 18.7. The molecule has 5 aliphatic rings. The standard InChI is InChI=1S/C22H26F3N7O2/c23-22(24,25)18-27-15(6-34-18)5-29-7-21(8-29)11-31(12-21)19(33)30-9-20(10-30)3-16(4-20)32-13-26-17(28-32)14-1-2-14/h6,13-14,16H,1-5,7-12H2. The van der Waals surface area contributed by atoms with Gasteiger partial charge in [0.1, 0.15) is 12.6 Å². The fraction of sp³-hybridized carbons (Fsp3) is 0.727. The number of amides is 2. The van der Waals surface area contributed by atoms with Gasteiger partial charge in [-0.3, -0.25) is 4.90 Å². The molecule has 2 saturated carbocycles. The van der Waals surface area contributed by atoms with E-state index in [4.69, 9.17) is 0 Å². The number of halogens is 3. The van der Waals surface area contributed by atoms with Crippen molar-refractivity contribution in [1.82, 2.24) is 34.4 Å². The Balaban J connectivity index is 0.844. The highest BCUT2D eigenvalue weighted by Crippen LogP contribution is 2.54.